The van der Waals surface area contributed by atoms with Gasteiger partial charge in [0, 0.05) is 12.1 Å². The summed E-state index contributed by atoms with van der Waals surface area (Å²) in [6, 6.07) is 13.7. The van der Waals surface area contributed by atoms with Gasteiger partial charge < -0.3 is 64.5 Å². The van der Waals surface area contributed by atoms with E-state index in [0.717, 1.165) is 0 Å². The highest BCUT2D eigenvalue weighted by Gasteiger charge is 2.48. The van der Waals surface area contributed by atoms with Crippen molar-refractivity contribution in [1.82, 2.24) is 0 Å². The third-order valence-corrected chi connectivity index (χ3v) is 7.97. The molecule has 1 fully saturated rings. The lowest BCUT2D eigenvalue weighted by molar-refractivity contribution is -0.271. The number of phenolic OH excluding ortho intramolecular Hbond substituents is 2. The predicted molar refractivity (Wildman–Crippen MR) is 172 cm³/mol. The molecule has 3 aromatic carbocycles. The van der Waals surface area contributed by atoms with Gasteiger partial charge in [-0.1, -0.05) is 24.3 Å². The Kier molecular flexibility index (Phi) is 9.63. The third kappa shape index (κ3) is 7.05. The van der Waals surface area contributed by atoms with Crippen molar-refractivity contribution in [1.29, 1.82) is 5.41 Å². The molecule has 0 radical (unpaired) electrons. The number of carboxylic acid groups (broad SMARTS) is 1. The van der Waals surface area contributed by atoms with Crippen molar-refractivity contribution in [3.63, 3.8) is 0 Å². The maximum absolute atomic E-state index is 11.7. The number of carboxylic acids is 1. The van der Waals surface area contributed by atoms with Crippen LogP contribution in [0, 0.1) is 5.41 Å². The van der Waals surface area contributed by atoms with Crippen LogP contribution in [-0.4, -0.2) is 102 Å². The van der Waals surface area contributed by atoms with Crippen molar-refractivity contribution in [3.05, 3.63) is 89.5 Å². The Hall–Kier alpha value is -5.65. The molecule has 3 heterocycles. The standard InChI is InChI=1S/C34H32N2O14/c35-25-9-8-19(36-25)21(39)14-46-18-6-4-16(5-7-18)22-11-20(38)26-23(48-22)12-24(31(27(26)40)47-13-15-2-1-3-17(37)10-15)49-34-30(43)28(41)29(42)32(50-34)33(44)45/h1-12,21-22,28-30,32,34-35,37-43H,13-14H2,(H,44,45). The number of rotatable bonds is 11. The lowest BCUT2D eigenvalue weighted by Gasteiger charge is -2.38. The van der Waals surface area contributed by atoms with E-state index >= 15 is 0 Å². The highest BCUT2D eigenvalue weighted by molar-refractivity contribution is 6.15. The molecule has 0 amide bonds. The SMILES string of the molecule is N=C1C=CC(C(O)COc2ccc(C3C=C(O)c4c(cc(OC5OC(C(=O)O)C(O)C(O)C5O)c(OCc5cccc(O)c5)c4O)O3)cc2)=N1. The number of hydrogen-bond acceptors (Lipinski definition) is 14. The van der Waals surface area contributed by atoms with Crippen molar-refractivity contribution in [2.24, 2.45) is 4.99 Å². The first kappa shape index (κ1) is 34.2. The molecule has 16 heteroatoms. The maximum atomic E-state index is 11.7. The van der Waals surface area contributed by atoms with E-state index in [0.29, 0.717) is 22.6 Å². The van der Waals surface area contributed by atoms with Crippen molar-refractivity contribution in [2.45, 2.75) is 49.5 Å². The molecule has 262 valence electrons. The van der Waals surface area contributed by atoms with E-state index in [9.17, 15) is 45.6 Å². The second kappa shape index (κ2) is 14.1. The number of amidine groups is 1. The van der Waals surface area contributed by atoms with Crippen LogP contribution in [0.1, 0.15) is 22.8 Å². The van der Waals surface area contributed by atoms with Gasteiger partial charge in [-0.2, -0.15) is 0 Å². The fourth-order valence-electron chi connectivity index (χ4n) is 5.39. The van der Waals surface area contributed by atoms with E-state index in [2.05, 4.69) is 4.99 Å². The number of aliphatic imine (C=N–C) groups is 1. The van der Waals surface area contributed by atoms with Crippen LogP contribution in [0.5, 0.6) is 34.5 Å². The van der Waals surface area contributed by atoms with Crippen LogP contribution >= 0.6 is 0 Å². The molecule has 1 saturated heterocycles. The summed E-state index contributed by atoms with van der Waals surface area (Å²) in [6.07, 6.45) is -7.43. The van der Waals surface area contributed by atoms with Crippen molar-refractivity contribution in [3.8, 4) is 34.5 Å². The van der Waals surface area contributed by atoms with Gasteiger partial charge in [-0.3, -0.25) is 5.41 Å². The Morgan fingerprint density at radius 1 is 0.960 bits per heavy atom. The molecular formula is C34H32N2O14. The summed E-state index contributed by atoms with van der Waals surface area (Å²) >= 11 is 0. The van der Waals surface area contributed by atoms with Crippen molar-refractivity contribution in [2.75, 3.05) is 6.61 Å². The summed E-state index contributed by atoms with van der Waals surface area (Å²) in [5.41, 5.74) is 1.12. The number of hydrogen-bond donors (Lipinski definition) is 9. The number of aliphatic carboxylic acids is 1. The first-order valence-corrected chi connectivity index (χ1v) is 15.1. The zero-order valence-corrected chi connectivity index (χ0v) is 25.9. The van der Waals surface area contributed by atoms with E-state index < -0.39 is 66.1 Å². The second-order valence-corrected chi connectivity index (χ2v) is 11.5. The number of benzene rings is 3. The fraction of sp³-hybridized carbons (Fsp3) is 0.265. The van der Waals surface area contributed by atoms with Gasteiger partial charge in [0.1, 0.15) is 78.1 Å². The van der Waals surface area contributed by atoms with Crippen LogP contribution in [-0.2, 0) is 16.1 Å². The smallest absolute Gasteiger partial charge is 0.335 e. The van der Waals surface area contributed by atoms with Gasteiger partial charge >= 0.3 is 5.97 Å². The van der Waals surface area contributed by atoms with Crippen LogP contribution in [0.3, 0.4) is 0 Å². The first-order chi connectivity index (χ1) is 23.9. The van der Waals surface area contributed by atoms with Gasteiger partial charge in [-0.15, -0.1) is 0 Å². The summed E-state index contributed by atoms with van der Waals surface area (Å²) in [7, 11) is 0. The Morgan fingerprint density at radius 3 is 2.40 bits per heavy atom. The number of phenols is 2. The molecular weight excluding hydrogens is 660 g/mol. The maximum Gasteiger partial charge on any atom is 0.335 e. The Labute approximate surface area is 283 Å². The zero-order chi connectivity index (χ0) is 35.7. The average Bonchev–Trinajstić information content (AvgIpc) is 3.53. The quantitative estimate of drug-likeness (QED) is 0.139. The molecule has 0 spiro atoms. The first-order valence-electron chi connectivity index (χ1n) is 15.1. The van der Waals surface area contributed by atoms with Crippen LogP contribution in [0.2, 0.25) is 0 Å². The summed E-state index contributed by atoms with van der Waals surface area (Å²) in [4.78, 5) is 15.6. The van der Waals surface area contributed by atoms with E-state index in [1.807, 2.05) is 0 Å². The summed E-state index contributed by atoms with van der Waals surface area (Å²) in [5, 5.41) is 90.5. The normalized spacial score (nSPS) is 24.8. The van der Waals surface area contributed by atoms with Gasteiger partial charge in [-0.05, 0) is 47.5 Å². The topological polar surface area (TPSA) is 261 Å². The summed E-state index contributed by atoms with van der Waals surface area (Å²) < 4.78 is 28.6. The lowest BCUT2D eigenvalue weighted by atomic mass is 9.99. The van der Waals surface area contributed by atoms with Crippen LogP contribution < -0.4 is 18.9 Å². The molecule has 3 aliphatic rings. The second-order valence-electron chi connectivity index (χ2n) is 11.5. The van der Waals surface area contributed by atoms with Gasteiger partial charge in [0.25, 0.3) is 0 Å². The predicted octanol–water partition coefficient (Wildman–Crippen LogP) is 1.71. The van der Waals surface area contributed by atoms with Crippen LogP contribution in [0.4, 0.5) is 0 Å². The Bertz CT molecular complexity index is 1870. The Balaban J connectivity index is 1.26. The number of nitrogens with one attached hydrogen (secondary N) is 1. The summed E-state index contributed by atoms with van der Waals surface area (Å²) in [6.45, 7) is -0.359. The number of aliphatic hydroxyl groups excluding tert-OH is 5. The number of ether oxygens (including phenoxy) is 5. The molecule has 0 saturated carbocycles. The molecule has 7 atom stereocenters. The minimum atomic E-state index is -1.98. The van der Waals surface area contributed by atoms with Crippen LogP contribution in [0.15, 0.2) is 77.8 Å². The zero-order valence-electron chi connectivity index (χ0n) is 25.9. The molecule has 3 aliphatic heterocycles. The van der Waals surface area contributed by atoms with E-state index in [-0.39, 0.29) is 41.9 Å². The highest BCUT2D eigenvalue weighted by atomic mass is 16.7. The van der Waals surface area contributed by atoms with E-state index in [1.54, 1.807) is 36.4 Å². The van der Waals surface area contributed by atoms with Gasteiger partial charge in [0.2, 0.25) is 12.0 Å². The molecule has 7 unspecified atom stereocenters. The third-order valence-electron chi connectivity index (χ3n) is 7.97. The number of aromatic hydroxyl groups is 2. The van der Waals surface area contributed by atoms with Crippen molar-refractivity contribution < 1.29 is 69.3 Å². The number of aliphatic hydroxyl groups is 5. The fourth-order valence-corrected chi connectivity index (χ4v) is 5.39. The molecule has 16 nitrogen and oxygen atoms in total. The molecule has 50 heavy (non-hydrogen) atoms. The van der Waals surface area contributed by atoms with Gasteiger partial charge in [-0.25, -0.2) is 9.79 Å². The summed E-state index contributed by atoms with van der Waals surface area (Å²) in [5.74, 6) is -3.20. The van der Waals surface area contributed by atoms with Gasteiger partial charge in [0.05, 0.1) is 5.71 Å². The molecule has 6 rings (SSSR count). The molecule has 0 aliphatic carbocycles. The van der Waals surface area contributed by atoms with Crippen LogP contribution in [0.25, 0.3) is 5.76 Å². The lowest BCUT2D eigenvalue weighted by Crippen LogP contribution is -2.61. The molecule has 0 aromatic heterocycles. The van der Waals surface area contributed by atoms with E-state index in [4.69, 9.17) is 29.1 Å². The minimum Gasteiger partial charge on any atom is -0.508 e. The average molecular weight is 693 g/mol. The molecule has 0 bridgehead atoms. The highest BCUT2D eigenvalue weighted by Crippen LogP contribution is 2.51. The van der Waals surface area contributed by atoms with E-state index in [1.165, 1.54) is 36.4 Å². The molecule has 9 N–H and O–H groups in total. The minimum absolute atomic E-state index is 0.0308. The van der Waals surface area contributed by atoms with Gasteiger partial charge in [0.15, 0.2) is 17.6 Å². The monoisotopic (exact) mass is 692 g/mol. The number of fused-ring (bicyclic) bond motifs is 1. The number of carbonyl (C=O) groups is 1. The number of nitrogens with zero attached hydrogens (tertiary/aromatic N) is 1. The van der Waals surface area contributed by atoms with Crippen molar-refractivity contribution >= 4 is 23.3 Å². The molecule has 3 aromatic rings. The Morgan fingerprint density at radius 2 is 1.72 bits per heavy atom. The largest absolute Gasteiger partial charge is 0.508 e.